The first-order valence-electron chi connectivity index (χ1n) is 7.21. The van der Waals surface area contributed by atoms with Crippen LogP contribution in [-0.4, -0.2) is 34.1 Å². The van der Waals surface area contributed by atoms with Gasteiger partial charge in [0.15, 0.2) is 0 Å². The van der Waals surface area contributed by atoms with Crippen LogP contribution in [-0.2, 0) is 6.54 Å². The Morgan fingerprint density at radius 2 is 2.00 bits per heavy atom. The fourth-order valence-corrected chi connectivity index (χ4v) is 2.48. The van der Waals surface area contributed by atoms with Crippen LogP contribution in [0, 0.1) is 6.92 Å². The fourth-order valence-electron chi connectivity index (χ4n) is 2.31. The number of benzene rings is 1. The summed E-state index contributed by atoms with van der Waals surface area (Å²) in [6.45, 7) is 10.4. The van der Waals surface area contributed by atoms with E-state index in [0.717, 1.165) is 24.4 Å². The number of alkyl halides is 1. The molecule has 1 unspecified atom stereocenters. The lowest BCUT2D eigenvalue weighted by Crippen LogP contribution is -2.30. The standard InChI is InChI=1S/C16H24ClN3/c1-11(2)19(5)8-9-20-15-7-6-12(3)10-14(15)18-16(20)13(4)17/h6-7,10-11,13H,8-9H2,1-5H3. The molecule has 0 radical (unpaired) electrons. The number of rotatable bonds is 5. The zero-order valence-corrected chi connectivity index (χ0v) is 13.8. The minimum absolute atomic E-state index is 0.0768. The first kappa shape index (κ1) is 15.3. The number of imidazole rings is 1. The molecule has 1 heterocycles. The Labute approximate surface area is 126 Å². The Kier molecular flexibility index (Phi) is 4.71. The number of fused-ring (bicyclic) bond motifs is 1. The van der Waals surface area contributed by atoms with Gasteiger partial charge in [-0.2, -0.15) is 0 Å². The van der Waals surface area contributed by atoms with Crippen LogP contribution in [0.25, 0.3) is 11.0 Å². The monoisotopic (exact) mass is 293 g/mol. The third kappa shape index (κ3) is 3.15. The Morgan fingerprint density at radius 1 is 1.30 bits per heavy atom. The molecule has 110 valence electrons. The lowest BCUT2D eigenvalue weighted by molar-refractivity contribution is 0.263. The minimum atomic E-state index is -0.0768. The van der Waals surface area contributed by atoms with Crippen molar-refractivity contribution in [2.24, 2.45) is 0 Å². The summed E-state index contributed by atoms with van der Waals surface area (Å²) in [6, 6.07) is 6.95. The molecule has 3 nitrogen and oxygen atoms in total. The molecule has 1 atom stereocenters. The molecule has 0 saturated carbocycles. The normalized spacial score (nSPS) is 13.6. The predicted octanol–water partition coefficient (Wildman–Crippen LogP) is 3.98. The van der Waals surface area contributed by atoms with Crippen molar-refractivity contribution in [3.05, 3.63) is 29.6 Å². The lowest BCUT2D eigenvalue weighted by Gasteiger charge is -2.22. The van der Waals surface area contributed by atoms with Crippen LogP contribution >= 0.6 is 11.6 Å². The predicted molar refractivity (Wildman–Crippen MR) is 86.5 cm³/mol. The second-order valence-electron chi connectivity index (χ2n) is 5.80. The van der Waals surface area contributed by atoms with Gasteiger partial charge in [0.1, 0.15) is 5.82 Å². The topological polar surface area (TPSA) is 21.1 Å². The van der Waals surface area contributed by atoms with Gasteiger partial charge in [-0.15, -0.1) is 11.6 Å². The first-order valence-corrected chi connectivity index (χ1v) is 7.65. The molecule has 0 spiro atoms. The van der Waals surface area contributed by atoms with Gasteiger partial charge in [0.2, 0.25) is 0 Å². The van der Waals surface area contributed by atoms with Gasteiger partial charge < -0.3 is 9.47 Å². The van der Waals surface area contributed by atoms with Crippen molar-refractivity contribution in [3.8, 4) is 0 Å². The first-order chi connectivity index (χ1) is 9.40. The van der Waals surface area contributed by atoms with Gasteiger partial charge in [-0.1, -0.05) is 6.07 Å². The Bertz CT molecular complexity index is 587. The number of likely N-dealkylation sites (N-methyl/N-ethyl adjacent to an activating group) is 1. The Hall–Kier alpha value is -1.06. The van der Waals surface area contributed by atoms with Gasteiger partial charge in [0, 0.05) is 19.1 Å². The van der Waals surface area contributed by atoms with Gasteiger partial charge in [0.25, 0.3) is 0 Å². The van der Waals surface area contributed by atoms with E-state index in [0.29, 0.717) is 6.04 Å². The van der Waals surface area contributed by atoms with Crippen molar-refractivity contribution >= 4 is 22.6 Å². The summed E-state index contributed by atoms with van der Waals surface area (Å²) in [7, 11) is 2.15. The SMILES string of the molecule is Cc1ccc2c(c1)nc(C(C)Cl)n2CCN(C)C(C)C. The number of nitrogens with zero attached hydrogens (tertiary/aromatic N) is 3. The van der Waals surface area contributed by atoms with Crippen LogP contribution in [0.3, 0.4) is 0 Å². The molecule has 0 aliphatic carbocycles. The second kappa shape index (κ2) is 6.15. The highest BCUT2D eigenvalue weighted by molar-refractivity contribution is 6.20. The summed E-state index contributed by atoms with van der Waals surface area (Å²) in [4.78, 5) is 7.04. The molecule has 0 amide bonds. The number of aryl methyl sites for hydroxylation is 1. The second-order valence-corrected chi connectivity index (χ2v) is 6.46. The maximum atomic E-state index is 6.30. The molecule has 2 aromatic rings. The minimum Gasteiger partial charge on any atom is -0.325 e. The molecular weight excluding hydrogens is 270 g/mol. The van der Waals surface area contributed by atoms with E-state index in [1.54, 1.807) is 0 Å². The zero-order valence-electron chi connectivity index (χ0n) is 13.0. The van der Waals surface area contributed by atoms with Gasteiger partial charge in [-0.05, 0) is 52.4 Å². The van der Waals surface area contributed by atoms with E-state index >= 15 is 0 Å². The largest absolute Gasteiger partial charge is 0.325 e. The highest BCUT2D eigenvalue weighted by Crippen LogP contribution is 2.25. The van der Waals surface area contributed by atoms with Crippen LogP contribution in [0.1, 0.15) is 37.5 Å². The molecule has 1 aromatic carbocycles. The Balaban J connectivity index is 2.36. The highest BCUT2D eigenvalue weighted by atomic mass is 35.5. The number of hydrogen-bond acceptors (Lipinski definition) is 2. The fraction of sp³-hybridized carbons (Fsp3) is 0.562. The van der Waals surface area contributed by atoms with Crippen LogP contribution in [0.4, 0.5) is 0 Å². The molecule has 0 bridgehead atoms. The third-order valence-electron chi connectivity index (χ3n) is 3.85. The van der Waals surface area contributed by atoms with Crippen molar-refractivity contribution in [2.75, 3.05) is 13.6 Å². The van der Waals surface area contributed by atoms with Crippen molar-refractivity contribution in [3.63, 3.8) is 0 Å². The zero-order chi connectivity index (χ0) is 14.9. The molecule has 0 aliphatic heterocycles. The molecule has 2 rings (SSSR count). The molecule has 0 N–H and O–H groups in total. The van der Waals surface area contributed by atoms with Crippen LogP contribution in [0.2, 0.25) is 0 Å². The van der Waals surface area contributed by atoms with E-state index in [2.05, 4.69) is 55.5 Å². The van der Waals surface area contributed by atoms with E-state index < -0.39 is 0 Å². The summed E-state index contributed by atoms with van der Waals surface area (Å²) >= 11 is 6.30. The van der Waals surface area contributed by atoms with Crippen molar-refractivity contribution in [2.45, 2.75) is 45.7 Å². The van der Waals surface area contributed by atoms with Crippen LogP contribution in [0.15, 0.2) is 18.2 Å². The van der Waals surface area contributed by atoms with Gasteiger partial charge in [0.05, 0.1) is 16.4 Å². The number of hydrogen-bond donors (Lipinski definition) is 0. The van der Waals surface area contributed by atoms with Crippen molar-refractivity contribution in [1.29, 1.82) is 0 Å². The van der Waals surface area contributed by atoms with Crippen molar-refractivity contribution in [1.82, 2.24) is 14.5 Å². The molecule has 1 aromatic heterocycles. The third-order valence-corrected chi connectivity index (χ3v) is 4.04. The van der Waals surface area contributed by atoms with E-state index in [9.17, 15) is 0 Å². The average Bonchev–Trinajstić information content (AvgIpc) is 2.73. The molecule has 0 aliphatic rings. The molecule has 4 heteroatoms. The van der Waals surface area contributed by atoms with Crippen LogP contribution in [0.5, 0.6) is 0 Å². The lowest BCUT2D eigenvalue weighted by atomic mass is 10.2. The summed E-state index contributed by atoms with van der Waals surface area (Å²) in [6.07, 6.45) is 0. The van der Waals surface area contributed by atoms with Gasteiger partial charge in [-0.3, -0.25) is 0 Å². The van der Waals surface area contributed by atoms with Gasteiger partial charge in [-0.25, -0.2) is 4.98 Å². The summed E-state index contributed by atoms with van der Waals surface area (Å²) < 4.78 is 2.26. The van der Waals surface area contributed by atoms with Crippen molar-refractivity contribution < 1.29 is 0 Å². The van der Waals surface area contributed by atoms with Gasteiger partial charge >= 0.3 is 0 Å². The van der Waals surface area contributed by atoms with E-state index in [1.165, 1.54) is 11.1 Å². The summed E-state index contributed by atoms with van der Waals surface area (Å²) in [5.74, 6) is 0.962. The highest BCUT2D eigenvalue weighted by Gasteiger charge is 2.15. The maximum absolute atomic E-state index is 6.30. The molecule has 0 saturated heterocycles. The number of halogens is 1. The van der Waals surface area contributed by atoms with Crippen LogP contribution < -0.4 is 0 Å². The van der Waals surface area contributed by atoms with E-state index in [-0.39, 0.29) is 5.38 Å². The van der Waals surface area contributed by atoms with E-state index in [4.69, 9.17) is 16.6 Å². The number of aromatic nitrogens is 2. The smallest absolute Gasteiger partial charge is 0.127 e. The summed E-state index contributed by atoms with van der Waals surface area (Å²) in [5.41, 5.74) is 3.45. The molecular formula is C16H24ClN3. The quantitative estimate of drug-likeness (QED) is 0.777. The Morgan fingerprint density at radius 3 is 2.60 bits per heavy atom. The summed E-state index contributed by atoms with van der Waals surface area (Å²) in [5, 5.41) is -0.0768. The molecule has 0 fully saturated rings. The molecule has 20 heavy (non-hydrogen) atoms. The van der Waals surface area contributed by atoms with E-state index in [1.807, 2.05) is 6.92 Å². The average molecular weight is 294 g/mol. The maximum Gasteiger partial charge on any atom is 0.127 e.